The van der Waals surface area contributed by atoms with Crippen molar-refractivity contribution in [1.29, 1.82) is 0 Å². The molecule has 0 unspecified atom stereocenters. The van der Waals surface area contributed by atoms with E-state index in [2.05, 4.69) is 20.1 Å². The van der Waals surface area contributed by atoms with E-state index in [4.69, 9.17) is 0 Å². The van der Waals surface area contributed by atoms with E-state index in [1.807, 2.05) is 72.8 Å². The third-order valence-corrected chi connectivity index (χ3v) is 6.50. The van der Waals surface area contributed by atoms with Gasteiger partial charge in [0.25, 0.3) is 5.91 Å². The van der Waals surface area contributed by atoms with Gasteiger partial charge in [0, 0.05) is 50.7 Å². The quantitative estimate of drug-likeness (QED) is 0.596. The zero-order valence-corrected chi connectivity index (χ0v) is 18.4. The van der Waals surface area contributed by atoms with E-state index in [-0.39, 0.29) is 18.6 Å². The number of piperazine rings is 1. The first-order valence-electron chi connectivity index (χ1n) is 11.3. The van der Waals surface area contributed by atoms with Crippen LogP contribution in [0.2, 0.25) is 0 Å². The van der Waals surface area contributed by atoms with Crippen LogP contribution in [-0.4, -0.2) is 59.6 Å². The molecule has 1 aromatic heterocycles. The van der Waals surface area contributed by atoms with Crippen molar-refractivity contribution in [2.75, 3.05) is 37.7 Å². The topological polar surface area (TPSA) is 68.8 Å². The number of nitrogens with zero attached hydrogens (tertiary/aromatic N) is 4. The fourth-order valence-electron chi connectivity index (χ4n) is 4.70. The van der Waals surface area contributed by atoms with Gasteiger partial charge in [-0.1, -0.05) is 60.7 Å². The molecule has 2 saturated heterocycles. The zero-order chi connectivity index (χ0) is 22.7. The van der Waals surface area contributed by atoms with E-state index in [1.54, 1.807) is 12.4 Å². The molecule has 0 aliphatic carbocycles. The smallest absolute Gasteiger partial charge is 0.326 e. The lowest BCUT2D eigenvalue weighted by molar-refractivity contribution is -0.133. The summed E-state index contributed by atoms with van der Waals surface area (Å²) in [6.07, 6.45) is 4.00. The number of hydrogen-bond donors (Lipinski definition) is 1. The average Bonchev–Trinajstić information content (AvgIpc) is 3.11. The first kappa shape index (κ1) is 21.2. The third-order valence-electron chi connectivity index (χ3n) is 6.50. The number of carbonyl (C=O) groups excluding carboxylic acids is 2. The monoisotopic (exact) mass is 441 g/mol. The summed E-state index contributed by atoms with van der Waals surface area (Å²) in [7, 11) is 0. The Morgan fingerprint density at radius 3 is 2.12 bits per heavy atom. The first-order chi connectivity index (χ1) is 16.2. The Morgan fingerprint density at radius 2 is 1.45 bits per heavy atom. The number of nitrogens with one attached hydrogen (secondary N) is 1. The molecule has 2 fully saturated rings. The van der Waals surface area contributed by atoms with Crippen LogP contribution in [0.5, 0.6) is 0 Å². The van der Waals surface area contributed by atoms with Crippen LogP contribution < -0.4 is 10.2 Å². The third kappa shape index (κ3) is 4.19. The molecule has 7 nitrogen and oxygen atoms in total. The molecule has 3 aromatic rings. The normalized spacial score (nSPS) is 21.3. The van der Waals surface area contributed by atoms with Gasteiger partial charge >= 0.3 is 6.03 Å². The van der Waals surface area contributed by atoms with Gasteiger partial charge in [0.2, 0.25) is 0 Å². The fraction of sp³-hybridized carbons (Fsp3) is 0.269. The van der Waals surface area contributed by atoms with Crippen LogP contribution >= 0.6 is 0 Å². The van der Waals surface area contributed by atoms with E-state index < -0.39 is 5.54 Å². The maximum absolute atomic E-state index is 13.8. The number of rotatable bonds is 6. The summed E-state index contributed by atoms with van der Waals surface area (Å²) in [5.74, 6) is -0.195. The molecule has 0 bridgehead atoms. The van der Waals surface area contributed by atoms with Crippen molar-refractivity contribution in [2.45, 2.75) is 12.0 Å². The lowest BCUT2D eigenvalue weighted by Gasteiger charge is -2.37. The van der Waals surface area contributed by atoms with Crippen molar-refractivity contribution in [3.63, 3.8) is 0 Å². The van der Waals surface area contributed by atoms with Crippen LogP contribution in [0.15, 0.2) is 85.2 Å². The van der Waals surface area contributed by atoms with E-state index in [0.29, 0.717) is 6.42 Å². The van der Waals surface area contributed by atoms with Gasteiger partial charge in [-0.25, -0.2) is 9.69 Å². The summed E-state index contributed by atoms with van der Waals surface area (Å²) in [6.45, 7) is 3.51. The molecule has 1 N–H and O–H groups in total. The molecule has 5 rings (SSSR count). The summed E-state index contributed by atoms with van der Waals surface area (Å²) < 4.78 is 0. The molecule has 2 aliphatic heterocycles. The molecule has 7 heteroatoms. The van der Waals surface area contributed by atoms with Gasteiger partial charge < -0.3 is 10.2 Å². The van der Waals surface area contributed by atoms with Crippen LogP contribution in [0.1, 0.15) is 11.1 Å². The Hall–Kier alpha value is -3.71. The number of imide groups is 1. The number of hydrogen-bond acceptors (Lipinski definition) is 5. The number of pyridine rings is 1. The predicted molar refractivity (Wildman–Crippen MR) is 127 cm³/mol. The summed E-state index contributed by atoms with van der Waals surface area (Å²) in [4.78, 5) is 36.8. The van der Waals surface area contributed by atoms with Crippen LogP contribution in [0.4, 0.5) is 10.5 Å². The maximum Gasteiger partial charge on any atom is 0.326 e. The standard InChI is InChI=1S/C26H27N5O2/c32-24-26(22-9-5-2-6-10-22,19-21-7-3-1-4-8-21)28-25(33)31(24)20-29-15-17-30(18-16-29)23-11-13-27-14-12-23/h1-14H,15-20H2,(H,28,33)/t26-/m0/s1. The van der Waals surface area contributed by atoms with Crippen molar-refractivity contribution in [1.82, 2.24) is 20.1 Å². The van der Waals surface area contributed by atoms with Gasteiger partial charge in [0.05, 0.1) is 6.67 Å². The Balaban J connectivity index is 1.33. The molecule has 0 saturated carbocycles. The second-order valence-corrected chi connectivity index (χ2v) is 8.55. The molecule has 3 amide bonds. The van der Waals surface area contributed by atoms with Gasteiger partial charge in [-0.05, 0) is 23.3 Å². The summed E-state index contributed by atoms with van der Waals surface area (Å²) in [5.41, 5.74) is 1.85. The molecule has 168 valence electrons. The molecule has 1 atom stereocenters. The second kappa shape index (κ2) is 9.03. The number of anilines is 1. The van der Waals surface area contributed by atoms with Crippen LogP contribution in [0.3, 0.4) is 0 Å². The Morgan fingerprint density at radius 1 is 0.818 bits per heavy atom. The highest BCUT2D eigenvalue weighted by atomic mass is 16.2. The van der Waals surface area contributed by atoms with Crippen LogP contribution in [0, 0.1) is 0 Å². The molecule has 2 aromatic carbocycles. The summed E-state index contributed by atoms with van der Waals surface area (Å²) in [6, 6.07) is 23.1. The highest BCUT2D eigenvalue weighted by molar-refractivity contribution is 6.07. The number of amides is 3. The van der Waals surface area contributed by atoms with Gasteiger partial charge in [0.1, 0.15) is 0 Å². The first-order valence-corrected chi connectivity index (χ1v) is 11.3. The van der Waals surface area contributed by atoms with E-state index in [9.17, 15) is 9.59 Å². The van der Waals surface area contributed by atoms with Crippen LogP contribution in [0.25, 0.3) is 0 Å². The Labute approximate surface area is 193 Å². The predicted octanol–water partition coefficient (Wildman–Crippen LogP) is 2.85. The maximum atomic E-state index is 13.8. The largest absolute Gasteiger partial charge is 0.369 e. The number of carbonyl (C=O) groups is 2. The highest BCUT2D eigenvalue weighted by Gasteiger charge is 2.52. The number of urea groups is 1. The van der Waals surface area contributed by atoms with Crippen molar-refractivity contribution < 1.29 is 9.59 Å². The molecule has 33 heavy (non-hydrogen) atoms. The SMILES string of the molecule is O=C1N[C@@](Cc2ccccc2)(c2ccccc2)C(=O)N1CN1CCN(c2ccncc2)CC1. The summed E-state index contributed by atoms with van der Waals surface area (Å²) >= 11 is 0. The van der Waals surface area contributed by atoms with Gasteiger partial charge in [-0.3, -0.25) is 14.7 Å². The highest BCUT2D eigenvalue weighted by Crippen LogP contribution is 2.33. The number of aromatic nitrogens is 1. The van der Waals surface area contributed by atoms with Crippen molar-refractivity contribution in [2.24, 2.45) is 0 Å². The average molecular weight is 442 g/mol. The second-order valence-electron chi connectivity index (χ2n) is 8.55. The van der Waals surface area contributed by atoms with Gasteiger partial charge in [-0.15, -0.1) is 0 Å². The molecule has 0 spiro atoms. The number of benzene rings is 2. The Kier molecular flexibility index (Phi) is 5.79. The minimum atomic E-state index is -1.10. The van der Waals surface area contributed by atoms with E-state index in [0.717, 1.165) is 43.0 Å². The molecule has 2 aliphatic rings. The lowest BCUT2D eigenvalue weighted by atomic mass is 9.83. The molecular formula is C26H27N5O2. The fourth-order valence-corrected chi connectivity index (χ4v) is 4.70. The van der Waals surface area contributed by atoms with Crippen LogP contribution in [-0.2, 0) is 16.8 Å². The minimum absolute atomic E-state index is 0.195. The van der Waals surface area contributed by atoms with Gasteiger partial charge in [-0.2, -0.15) is 0 Å². The minimum Gasteiger partial charge on any atom is -0.369 e. The van der Waals surface area contributed by atoms with Gasteiger partial charge in [0.15, 0.2) is 5.54 Å². The van der Waals surface area contributed by atoms with Crippen molar-refractivity contribution in [3.05, 3.63) is 96.3 Å². The summed E-state index contributed by atoms with van der Waals surface area (Å²) in [5, 5.41) is 3.05. The van der Waals surface area contributed by atoms with E-state index >= 15 is 0 Å². The molecule has 3 heterocycles. The van der Waals surface area contributed by atoms with Crippen molar-refractivity contribution in [3.8, 4) is 0 Å². The zero-order valence-electron chi connectivity index (χ0n) is 18.4. The van der Waals surface area contributed by atoms with Crippen molar-refractivity contribution >= 4 is 17.6 Å². The van der Waals surface area contributed by atoms with E-state index in [1.165, 1.54) is 4.90 Å². The lowest BCUT2D eigenvalue weighted by Crippen LogP contribution is -2.52. The molecule has 0 radical (unpaired) electrons. The molecular weight excluding hydrogens is 414 g/mol. The Bertz CT molecular complexity index is 1100.